The van der Waals surface area contributed by atoms with Gasteiger partial charge in [-0.25, -0.2) is 9.59 Å². The Morgan fingerprint density at radius 2 is 1.93 bits per heavy atom. The van der Waals surface area contributed by atoms with Gasteiger partial charge in [0.2, 0.25) is 0 Å². The van der Waals surface area contributed by atoms with Crippen molar-refractivity contribution in [3.63, 3.8) is 0 Å². The number of esters is 2. The van der Waals surface area contributed by atoms with Crippen LogP contribution in [0.2, 0.25) is 0 Å². The van der Waals surface area contributed by atoms with Crippen LogP contribution in [0, 0.1) is 0 Å². The molecule has 5 heteroatoms. The van der Waals surface area contributed by atoms with Crippen LogP contribution >= 0.6 is 0 Å². The van der Waals surface area contributed by atoms with Gasteiger partial charge in [0.1, 0.15) is 0 Å². The summed E-state index contributed by atoms with van der Waals surface area (Å²) in [5, 5.41) is 0. The van der Waals surface area contributed by atoms with E-state index >= 15 is 0 Å². The van der Waals surface area contributed by atoms with Gasteiger partial charge in [-0.1, -0.05) is 0 Å². The van der Waals surface area contributed by atoms with Crippen molar-refractivity contribution in [3.05, 3.63) is 11.8 Å². The molecular formula is C9H15NO4. The van der Waals surface area contributed by atoms with E-state index in [1.807, 2.05) is 0 Å². The molecular weight excluding hydrogens is 186 g/mol. The van der Waals surface area contributed by atoms with Crippen LogP contribution in [0.3, 0.4) is 0 Å². The monoisotopic (exact) mass is 201 g/mol. The van der Waals surface area contributed by atoms with E-state index in [0.29, 0.717) is 0 Å². The number of rotatable bonds is 4. The molecule has 80 valence electrons. The third kappa shape index (κ3) is 3.93. The number of carbonyl (C=O) groups is 2. The largest absolute Gasteiger partial charge is 0.462 e. The van der Waals surface area contributed by atoms with E-state index in [2.05, 4.69) is 4.74 Å². The first-order chi connectivity index (χ1) is 6.52. The molecule has 0 fully saturated rings. The molecule has 0 aliphatic rings. The lowest BCUT2D eigenvalue weighted by atomic mass is 10.3. The number of carbonyl (C=O) groups excluding carboxylic acids is 2. The van der Waals surface area contributed by atoms with E-state index in [9.17, 15) is 9.59 Å². The normalized spacial score (nSPS) is 11.3. The minimum atomic E-state index is -0.763. The molecule has 0 radical (unpaired) electrons. The Morgan fingerprint density at radius 3 is 2.29 bits per heavy atom. The van der Waals surface area contributed by atoms with E-state index in [4.69, 9.17) is 10.5 Å². The molecule has 0 spiro atoms. The third-order valence-electron chi connectivity index (χ3n) is 1.22. The maximum Gasteiger partial charge on any atom is 0.347 e. The van der Waals surface area contributed by atoms with E-state index in [1.54, 1.807) is 20.8 Å². The standard InChI is InChI=1S/C9H15NO4/c1-4-13-8(11)7(5-10)9(12)14-6(2)3/h5-6H,4,10H2,1-3H3. The molecule has 0 amide bonds. The van der Waals surface area contributed by atoms with Gasteiger partial charge in [-0.05, 0) is 20.8 Å². The summed E-state index contributed by atoms with van der Waals surface area (Å²) in [6, 6.07) is 0. The van der Waals surface area contributed by atoms with Crippen molar-refractivity contribution in [2.45, 2.75) is 26.9 Å². The minimum Gasteiger partial charge on any atom is -0.462 e. The molecule has 0 heterocycles. The lowest BCUT2D eigenvalue weighted by molar-refractivity contribution is -0.149. The van der Waals surface area contributed by atoms with Gasteiger partial charge in [0, 0.05) is 6.20 Å². The molecule has 0 unspecified atom stereocenters. The highest BCUT2D eigenvalue weighted by Gasteiger charge is 2.21. The molecule has 0 aromatic heterocycles. The lowest BCUT2D eigenvalue weighted by Crippen LogP contribution is -2.22. The average Bonchev–Trinajstić information content (AvgIpc) is 2.04. The summed E-state index contributed by atoms with van der Waals surface area (Å²) in [6.45, 7) is 5.18. The molecule has 2 N–H and O–H groups in total. The van der Waals surface area contributed by atoms with Crippen molar-refractivity contribution in [2.75, 3.05) is 6.61 Å². The molecule has 14 heavy (non-hydrogen) atoms. The van der Waals surface area contributed by atoms with E-state index in [-0.39, 0.29) is 18.3 Å². The van der Waals surface area contributed by atoms with Crippen LogP contribution in [-0.4, -0.2) is 24.6 Å². The van der Waals surface area contributed by atoms with Crippen molar-refractivity contribution in [3.8, 4) is 0 Å². The fraction of sp³-hybridized carbons (Fsp3) is 0.556. The molecule has 0 bridgehead atoms. The highest BCUT2D eigenvalue weighted by molar-refractivity contribution is 6.13. The second-order valence-electron chi connectivity index (χ2n) is 2.75. The summed E-state index contributed by atoms with van der Waals surface area (Å²) in [5.41, 5.74) is 4.84. The molecule has 0 aliphatic carbocycles. The molecule has 0 aromatic carbocycles. The van der Waals surface area contributed by atoms with Crippen molar-refractivity contribution in [2.24, 2.45) is 5.73 Å². The van der Waals surface area contributed by atoms with Crippen molar-refractivity contribution in [1.29, 1.82) is 0 Å². The first-order valence-electron chi connectivity index (χ1n) is 4.32. The van der Waals surface area contributed by atoms with E-state index < -0.39 is 11.9 Å². The van der Waals surface area contributed by atoms with E-state index in [1.165, 1.54) is 0 Å². The molecule has 0 atom stereocenters. The Labute approximate surface area is 82.9 Å². The first kappa shape index (κ1) is 12.5. The van der Waals surface area contributed by atoms with Crippen LogP contribution < -0.4 is 5.73 Å². The second-order valence-corrected chi connectivity index (χ2v) is 2.75. The van der Waals surface area contributed by atoms with Crippen LogP contribution in [0.15, 0.2) is 11.8 Å². The predicted molar refractivity (Wildman–Crippen MR) is 50.1 cm³/mol. The highest BCUT2D eigenvalue weighted by Crippen LogP contribution is 2.02. The van der Waals surface area contributed by atoms with Crippen LogP contribution in [0.4, 0.5) is 0 Å². The molecule has 5 nitrogen and oxygen atoms in total. The zero-order valence-corrected chi connectivity index (χ0v) is 8.57. The van der Waals surface area contributed by atoms with Crippen LogP contribution in [0.5, 0.6) is 0 Å². The van der Waals surface area contributed by atoms with Crippen LogP contribution in [-0.2, 0) is 19.1 Å². The maximum atomic E-state index is 11.2. The minimum absolute atomic E-state index is 0.186. The summed E-state index contributed by atoms with van der Waals surface area (Å²) >= 11 is 0. The quantitative estimate of drug-likeness (QED) is 0.307. The Balaban J connectivity index is 4.43. The fourth-order valence-electron chi connectivity index (χ4n) is 0.706. The SMILES string of the molecule is CCOC(=O)C(=CN)C(=O)OC(C)C. The summed E-state index contributed by atoms with van der Waals surface area (Å²) in [4.78, 5) is 22.4. The number of hydrogen-bond donors (Lipinski definition) is 1. The van der Waals surface area contributed by atoms with Crippen molar-refractivity contribution >= 4 is 11.9 Å². The molecule has 0 aliphatic heterocycles. The molecule has 0 rings (SSSR count). The average molecular weight is 201 g/mol. The summed E-state index contributed by atoms with van der Waals surface area (Å²) in [5.74, 6) is -1.53. The Bertz CT molecular complexity index is 245. The van der Waals surface area contributed by atoms with Crippen molar-refractivity contribution in [1.82, 2.24) is 0 Å². The molecule has 0 aromatic rings. The maximum absolute atomic E-state index is 11.2. The van der Waals surface area contributed by atoms with Gasteiger partial charge in [0.15, 0.2) is 5.57 Å². The zero-order chi connectivity index (χ0) is 11.1. The fourth-order valence-corrected chi connectivity index (χ4v) is 0.706. The Hall–Kier alpha value is -1.52. The summed E-state index contributed by atoms with van der Waals surface area (Å²) in [6.07, 6.45) is 0.592. The van der Waals surface area contributed by atoms with Gasteiger partial charge in [0.25, 0.3) is 0 Å². The summed E-state index contributed by atoms with van der Waals surface area (Å²) in [7, 11) is 0. The lowest BCUT2D eigenvalue weighted by Gasteiger charge is -2.09. The molecule has 0 saturated heterocycles. The number of nitrogens with two attached hydrogens (primary N) is 1. The highest BCUT2D eigenvalue weighted by atomic mass is 16.6. The van der Waals surface area contributed by atoms with Crippen LogP contribution in [0.25, 0.3) is 0 Å². The predicted octanol–water partition coefficient (Wildman–Crippen LogP) is 0.344. The Kier molecular flexibility index (Phi) is 5.36. The van der Waals surface area contributed by atoms with Crippen molar-refractivity contribution < 1.29 is 19.1 Å². The third-order valence-corrected chi connectivity index (χ3v) is 1.22. The van der Waals surface area contributed by atoms with Gasteiger partial charge in [-0.3, -0.25) is 0 Å². The van der Waals surface area contributed by atoms with Gasteiger partial charge in [-0.2, -0.15) is 0 Å². The number of ether oxygens (including phenoxy) is 2. The topological polar surface area (TPSA) is 78.6 Å². The van der Waals surface area contributed by atoms with E-state index in [0.717, 1.165) is 6.20 Å². The summed E-state index contributed by atoms with van der Waals surface area (Å²) < 4.78 is 9.39. The Morgan fingerprint density at radius 1 is 1.36 bits per heavy atom. The number of hydrogen-bond acceptors (Lipinski definition) is 5. The molecule has 0 saturated carbocycles. The zero-order valence-electron chi connectivity index (χ0n) is 8.57. The van der Waals surface area contributed by atoms with Gasteiger partial charge >= 0.3 is 11.9 Å². The van der Waals surface area contributed by atoms with Crippen LogP contribution in [0.1, 0.15) is 20.8 Å². The second kappa shape index (κ2) is 6.01. The van der Waals surface area contributed by atoms with Gasteiger partial charge in [-0.15, -0.1) is 0 Å². The van der Waals surface area contributed by atoms with Gasteiger partial charge in [0.05, 0.1) is 12.7 Å². The first-order valence-corrected chi connectivity index (χ1v) is 4.32. The van der Waals surface area contributed by atoms with Gasteiger partial charge < -0.3 is 15.2 Å². The smallest absolute Gasteiger partial charge is 0.347 e.